The Balaban J connectivity index is 1.96. The van der Waals surface area contributed by atoms with Crippen molar-refractivity contribution in [2.45, 2.75) is 0 Å². The van der Waals surface area contributed by atoms with Gasteiger partial charge in [-0.3, -0.25) is 9.69 Å². The highest BCUT2D eigenvalue weighted by Crippen LogP contribution is 2.36. The highest BCUT2D eigenvalue weighted by Gasteiger charge is 2.33. The lowest BCUT2D eigenvalue weighted by molar-refractivity contribution is -0.122. The smallest absolute Gasteiger partial charge is 0.266 e. The van der Waals surface area contributed by atoms with Gasteiger partial charge in [-0.1, -0.05) is 0 Å². The number of thioether (sulfide) groups is 1. The first-order valence-electron chi connectivity index (χ1n) is 9.24. The number of ether oxygens (including phenoxy) is 4. The number of amidine groups is 1. The Kier molecular flexibility index (Phi) is 7.37. The molecule has 158 valence electrons. The second-order valence-electron chi connectivity index (χ2n) is 6.26. The number of carbonyl (C=O) groups excluding carboxylic acids is 1. The van der Waals surface area contributed by atoms with Crippen molar-refractivity contribution in [3.8, 4) is 17.2 Å². The fraction of sp³-hybridized carbons (Fsp3) is 0.273. The van der Waals surface area contributed by atoms with E-state index in [-0.39, 0.29) is 5.91 Å². The highest BCUT2D eigenvalue weighted by atomic mass is 32.2. The van der Waals surface area contributed by atoms with Crippen LogP contribution in [0.25, 0.3) is 6.08 Å². The van der Waals surface area contributed by atoms with E-state index in [1.807, 2.05) is 42.5 Å². The molecule has 1 amide bonds. The van der Waals surface area contributed by atoms with E-state index in [1.165, 1.54) is 11.8 Å². The number of carbonyl (C=O) groups is 1. The van der Waals surface area contributed by atoms with Crippen molar-refractivity contribution in [3.63, 3.8) is 0 Å². The predicted molar refractivity (Wildman–Crippen MR) is 119 cm³/mol. The summed E-state index contributed by atoms with van der Waals surface area (Å²) in [5.74, 6) is 1.95. The second-order valence-corrected chi connectivity index (χ2v) is 7.27. The quantitative estimate of drug-likeness (QED) is 0.593. The number of hydrogen-bond donors (Lipinski definition) is 0. The van der Waals surface area contributed by atoms with Crippen LogP contribution in [-0.2, 0) is 9.53 Å². The van der Waals surface area contributed by atoms with Crippen LogP contribution < -0.4 is 14.2 Å². The molecular weight excluding hydrogens is 404 g/mol. The Morgan fingerprint density at radius 1 is 0.967 bits per heavy atom. The Labute approximate surface area is 180 Å². The maximum absolute atomic E-state index is 13.1. The molecule has 0 bridgehead atoms. The number of rotatable bonds is 8. The van der Waals surface area contributed by atoms with Crippen LogP contribution in [0.1, 0.15) is 5.56 Å². The van der Waals surface area contributed by atoms with Crippen molar-refractivity contribution in [2.75, 3.05) is 41.6 Å². The van der Waals surface area contributed by atoms with Crippen LogP contribution >= 0.6 is 11.8 Å². The van der Waals surface area contributed by atoms with Crippen molar-refractivity contribution in [1.82, 2.24) is 4.90 Å². The molecule has 1 aliphatic rings. The molecule has 2 aromatic rings. The summed E-state index contributed by atoms with van der Waals surface area (Å²) in [6.07, 6.45) is 1.80. The first-order valence-corrected chi connectivity index (χ1v) is 10.1. The summed E-state index contributed by atoms with van der Waals surface area (Å²) in [6.45, 7) is 0.813. The number of methoxy groups -OCH3 is 4. The van der Waals surface area contributed by atoms with E-state index in [0.717, 1.165) is 17.0 Å². The molecule has 0 aliphatic carbocycles. The van der Waals surface area contributed by atoms with E-state index >= 15 is 0 Å². The van der Waals surface area contributed by atoms with Crippen molar-refractivity contribution in [1.29, 1.82) is 0 Å². The summed E-state index contributed by atoms with van der Waals surface area (Å²) in [5, 5.41) is 0.593. The maximum atomic E-state index is 13.1. The molecule has 8 heteroatoms. The molecule has 3 rings (SSSR count). The van der Waals surface area contributed by atoms with Gasteiger partial charge in [0.15, 0.2) is 5.17 Å². The molecule has 0 N–H and O–H groups in total. The van der Waals surface area contributed by atoms with E-state index in [0.29, 0.717) is 34.7 Å². The van der Waals surface area contributed by atoms with Crippen molar-refractivity contribution in [3.05, 3.63) is 52.9 Å². The molecule has 0 spiro atoms. The summed E-state index contributed by atoms with van der Waals surface area (Å²) >= 11 is 1.31. The molecule has 0 unspecified atom stereocenters. The molecule has 1 saturated heterocycles. The number of benzene rings is 2. The van der Waals surface area contributed by atoms with Crippen LogP contribution in [0.3, 0.4) is 0 Å². The molecule has 0 saturated carbocycles. The molecule has 1 aliphatic heterocycles. The maximum Gasteiger partial charge on any atom is 0.266 e. The van der Waals surface area contributed by atoms with Gasteiger partial charge < -0.3 is 18.9 Å². The fourth-order valence-corrected chi connectivity index (χ4v) is 3.85. The van der Waals surface area contributed by atoms with Gasteiger partial charge >= 0.3 is 0 Å². The summed E-state index contributed by atoms with van der Waals surface area (Å²) in [6, 6.07) is 12.8. The summed E-state index contributed by atoms with van der Waals surface area (Å²) in [7, 11) is 6.41. The van der Waals surface area contributed by atoms with Gasteiger partial charge in [-0.05, 0) is 60.3 Å². The third-order valence-corrected chi connectivity index (χ3v) is 5.43. The number of amides is 1. The second kappa shape index (κ2) is 10.2. The van der Waals surface area contributed by atoms with Crippen LogP contribution in [0.5, 0.6) is 17.2 Å². The monoisotopic (exact) mass is 428 g/mol. The standard InChI is InChI=1S/C22H24N2O5S/c1-26-12-11-24-21(25)20(14-15-13-18(28-3)9-10-19(15)29-4)30-22(24)23-16-5-7-17(27-2)8-6-16/h5-10,13-14H,11-12H2,1-4H3/b20-14-,23-22?. The SMILES string of the molecule is COCCN1C(=O)/C(=C/c2cc(OC)ccc2OC)SC1=Nc1ccc(OC)cc1. The minimum atomic E-state index is -0.130. The Bertz CT molecular complexity index is 957. The van der Waals surface area contributed by atoms with Gasteiger partial charge in [-0.15, -0.1) is 0 Å². The molecule has 0 radical (unpaired) electrons. The fourth-order valence-electron chi connectivity index (χ4n) is 2.83. The normalized spacial score (nSPS) is 16.4. The van der Waals surface area contributed by atoms with E-state index in [9.17, 15) is 4.79 Å². The minimum absolute atomic E-state index is 0.130. The van der Waals surface area contributed by atoms with Gasteiger partial charge in [0.05, 0.1) is 45.1 Å². The molecule has 1 fully saturated rings. The predicted octanol–water partition coefficient (Wildman–Crippen LogP) is 3.96. The van der Waals surface area contributed by atoms with Gasteiger partial charge in [0.1, 0.15) is 17.2 Å². The third kappa shape index (κ3) is 4.95. The lowest BCUT2D eigenvalue weighted by atomic mass is 10.1. The highest BCUT2D eigenvalue weighted by molar-refractivity contribution is 8.18. The number of hydrogen-bond acceptors (Lipinski definition) is 7. The van der Waals surface area contributed by atoms with E-state index in [4.69, 9.17) is 18.9 Å². The Hall–Kier alpha value is -2.97. The van der Waals surface area contributed by atoms with Crippen molar-refractivity contribution >= 4 is 34.6 Å². The van der Waals surface area contributed by atoms with E-state index < -0.39 is 0 Å². The topological polar surface area (TPSA) is 69.6 Å². The van der Waals surface area contributed by atoms with Crippen molar-refractivity contribution < 1.29 is 23.7 Å². The lowest BCUT2D eigenvalue weighted by Gasteiger charge is -2.14. The third-order valence-electron chi connectivity index (χ3n) is 4.43. The van der Waals surface area contributed by atoms with Gasteiger partial charge in [0.2, 0.25) is 0 Å². The molecule has 0 aromatic heterocycles. The zero-order chi connectivity index (χ0) is 21.5. The van der Waals surface area contributed by atoms with Gasteiger partial charge in [-0.25, -0.2) is 4.99 Å². The van der Waals surface area contributed by atoms with Crippen LogP contribution in [0, 0.1) is 0 Å². The van der Waals surface area contributed by atoms with Crippen molar-refractivity contribution in [2.24, 2.45) is 4.99 Å². The first-order chi connectivity index (χ1) is 14.6. The lowest BCUT2D eigenvalue weighted by Crippen LogP contribution is -2.32. The van der Waals surface area contributed by atoms with E-state index in [1.54, 1.807) is 39.4 Å². The average Bonchev–Trinajstić information content (AvgIpc) is 3.06. The first kappa shape index (κ1) is 21.7. The van der Waals surface area contributed by atoms with Crippen LogP contribution in [0.4, 0.5) is 5.69 Å². The Morgan fingerprint density at radius 2 is 1.67 bits per heavy atom. The van der Waals surface area contributed by atoms with Crippen LogP contribution in [-0.4, -0.2) is 57.6 Å². The summed E-state index contributed by atoms with van der Waals surface area (Å²) in [5.41, 5.74) is 1.49. The Morgan fingerprint density at radius 3 is 2.30 bits per heavy atom. The summed E-state index contributed by atoms with van der Waals surface area (Å²) in [4.78, 5) is 19.9. The molecule has 2 aromatic carbocycles. The largest absolute Gasteiger partial charge is 0.497 e. The van der Waals surface area contributed by atoms with Gasteiger partial charge in [0.25, 0.3) is 5.91 Å². The van der Waals surface area contributed by atoms with Crippen LogP contribution in [0.2, 0.25) is 0 Å². The molecule has 7 nitrogen and oxygen atoms in total. The van der Waals surface area contributed by atoms with Crippen LogP contribution in [0.15, 0.2) is 52.4 Å². The van der Waals surface area contributed by atoms with Gasteiger partial charge in [-0.2, -0.15) is 0 Å². The minimum Gasteiger partial charge on any atom is -0.497 e. The number of aliphatic imine (C=N–C) groups is 1. The zero-order valence-corrected chi connectivity index (χ0v) is 18.2. The molecule has 0 atom stereocenters. The number of nitrogens with zero attached hydrogens (tertiary/aromatic N) is 2. The average molecular weight is 429 g/mol. The van der Waals surface area contributed by atoms with E-state index in [2.05, 4.69) is 4.99 Å². The molecule has 30 heavy (non-hydrogen) atoms. The zero-order valence-electron chi connectivity index (χ0n) is 17.4. The van der Waals surface area contributed by atoms with Gasteiger partial charge in [0, 0.05) is 12.7 Å². The molecule has 1 heterocycles. The summed E-state index contributed by atoms with van der Waals surface area (Å²) < 4.78 is 21.1. The molecular formula is C22H24N2O5S.